The molecule has 1 unspecified atom stereocenters. The SMILES string of the molecule is CO[C@@H]1CN(Cc2ccc3c(c2)C(=O)N(C2CCC(=O)NC2=O)C3)C[C@@H]1N. The zero-order chi connectivity index (χ0) is 19.1. The lowest BCUT2D eigenvalue weighted by Gasteiger charge is -2.29. The van der Waals surface area contributed by atoms with Crippen molar-refractivity contribution in [3.05, 3.63) is 34.9 Å². The largest absolute Gasteiger partial charge is 0.378 e. The van der Waals surface area contributed by atoms with Crippen LogP contribution in [0.1, 0.15) is 34.3 Å². The number of rotatable bonds is 4. The third-order valence-corrected chi connectivity index (χ3v) is 5.69. The molecule has 27 heavy (non-hydrogen) atoms. The summed E-state index contributed by atoms with van der Waals surface area (Å²) in [5, 5.41) is 2.32. The standard InChI is InChI=1S/C19H24N4O4/c1-27-16-10-22(9-14(16)20)7-11-2-3-12-8-23(19(26)13(12)6-11)15-4-5-17(24)21-18(15)25/h2-3,6,14-16H,4-5,7-10,20H2,1H3,(H,21,24,25)/t14-,15?,16+/m0/s1. The smallest absolute Gasteiger partial charge is 0.255 e. The summed E-state index contributed by atoms with van der Waals surface area (Å²) in [7, 11) is 1.67. The Morgan fingerprint density at radius 2 is 2.07 bits per heavy atom. The summed E-state index contributed by atoms with van der Waals surface area (Å²) in [5.41, 5.74) is 8.68. The highest BCUT2D eigenvalue weighted by molar-refractivity contribution is 6.05. The number of fused-ring (bicyclic) bond motifs is 1. The van der Waals surface area contributed by atoms with Crippen LogP contribution in [0.15, 0.2) is 18.2 Å². The van der Waals surface area contributed by atoms with Gasteiger partial charge in [0.05, 0.1) is 6.10 Å². The Kier molecular flexibility index (Phi) is 4.71. The molecule has 3 amide bonds. The van der Waals surface area contributed by atoms with E-state index in [4.69, 9.17) is 10.5 Å². The van der Waals surface area contributed by atoms with Crippen LogP contribution in [-0.4, -0.2) is 65.9 Å². The molecule has 4 rings (SSSR count). The van der Waals surface area contributed by atoms with Crippen LogP contribution in [0.4, 0.5) is 0 Å². The fourth-order valence-electron chi connectivity index (χ4n) is 4.22. The van der Waals surface area contributed by atoms with Gasteiger partial charge in [0.2, 0.25) is 11.8 Å². The predicted octanol–water partition coefficient (Wildman–Crippen LogP) is -0.394. The van der Waals surface area contributed by atoms with Gasteiger partial charge in [-0.25, -0.2) is 0 Å². The molecule has 3 heterocycles. The maximum atomic E-state index is 12.9. The van der Waals surface area contributed by atoms with Crippen LogP contribution in [0.2, 0.25) is 0 Å². The molecule has 2 saturated heterocycles. The number of nitrogens with two attached hydrogens (primary N) is 1. The number of hydrogen-bond donors (Lipinski definition) is 2. The molecule has 0 aromatic heterocycles. The minimum absolute atomic E-state index is 0.00549. The van der Waals surface area contributed by atoms with Crippen LogP contribution in [0.25, 0.3) is 0 Å². The second-order valence-electron chi connectivity index (χ2n) is 7.52. The van der Waals surface area contributed by atoms with Gasteiger partial charge in [-0.3, -0.25) is 24.6 Å². The molecule has 0 saturated carbocycles. The number of carbonyl (C=O) groups is 3. The molecule has 0 aliphatic carbocycles. The number of benzene rings is 1. The Bertz CT molecular complexity index is 796. The zero-order valence-corrected chi connectivity index (χ0v) is 15.3. The van der Waals surface area contributed by atoms with E-state index in [0.29, 0.717) is 25.1 Å². The Morgan fingerprint density at radius 1 is 1.26 bits per heavy atom. The summed E-state index contributed by atoms with van der Waals surface area (Å²) < 4.78 is 5.39. The molecule has 3 aliphatic heterocycles. The first-order chi connectivity index (χ1) is 13.0. The van der Waals surface area contributed by atoms with Crippen molar-refractivity contribution in [3.63, 3.8) is 0 Å². The molecule has 3 aliphatic rings. The lowest BCUT2D eigenvalue weighted by Crippen LogP contribution is -2.52. The summed E-state index contributed by atoms with van der Waals surface area (Å²) >= 11 is 0. The second-order valence-corrected chi connectivity index (χ2v) is 7.52. The van der Waals surface area contributed by atoms with Gasteiger partial charge in [-0.15, -0.1) is 0 Å². The minimum Gasteiger partial charge on any atom is -0.378 e. The third-order valence-electron chi connectivity index (χ3n) is 5.69. The fourth-order valence-corrected chi connectivity index (χ4v) is 4.22. The molecule has 144 valence electrons. The van der Waals surface area contributed by atoms with Gasteiger partial charge in [0.1, 0.15) is 6.04 Å². The number of nitrogens with one attached hydrogen (secondary N) is 1. The molecular weight excluding hydrogens is 348 g/mol. The molecular formula is C19H24N4O4. The number of imide groups is 1. The Hall–Kier alpha value is -2.29. The first-order valence-corrected chi connectivity index (χ1v) is 9.23. The topological polar surface area (TPSA) is 105 Å². The van der Waals surface area contributed by atoms with Crippen LogP contribution in [0, 0.1) is 0 Å². The van der Waals surface area contributed by atoms with Crippen LogP contribution < -0.4 is 11.1 Å². The summed E-state index contributed by atoms with van der Waals surface area (Å²) in [6, 6.07) is 5.30. The number of methoxy groups -OCH3 is 1. The number of hydrogen-bond acceptors (Lipinski definition) is 6. The lowest BCUT2D eigenvalue weighted by molar-refractivity contribution is -0.136. The van der Waals surface area contributed by atoms with Crippen molar-refractivity contribution in [2.45, 2.75) is 44.1 Å². The van der Waals surface area contributed by atoms with Crippen molar-refractivity contribution < 1.29 is 19.1 Å². The van der Waals surface area contributed by atoms with Gasteiger partial charge in [-0.2, -0.15) is 0 Å². The third kappa shape index (κ3) is 3.36. The Morgan fingerprint density at radius 3 is 2.78 bits per heavy atom. The highest BCUT2D eigenvalue weighted by atomic mass is 16.5. The van der Waals surface area contributed by atoms with Gasteiger partial charge in [-0.1, -0.05) is 12.1 Å². The van der Waals surface area contributed by atoms with E-state index in [9.17, 15) is 14.4 Å². The van der Waals surface area contributed by atoms with Crippen molar-refractivity contribution in [3.8, 4) is 0 Å². The Balaban J connectivity index is 1.47. The molecule has 3 atom stereocenters. The number of nitrogens with zero attached hydrogens (tertiary/aromatic N) is 2. The predicted molar refractivity (Wildman–Crippen MR) is 96.5 cm³/mol. The lowest BCUT2D eigenvalue weighted by atomic mass is 10.0. The molecule has 1 aromatic rings. The summed E-state index contributed by atoms with van der Waals surface area (Å²) in [4.78, 5) is 40.1. The Labute approximate surface area is 157 Å². The number of piperidine rings is 1. The minimum atomic E-state index is -0.579. The van der Waals surface area contributed by atoms with Crippen LogP contribution in [0.5, 0.6) is 0 Å². The molecule has 0 spiro atoms. The molecule has 8 nitrogen and oxygen atoms in total. The van der Waals surface area contributed by atoms with E-state index in [1.54, 1.807) is 12.0 Å². The average molecular weight is 372 g/mol. The molecule has 3 N–H and O–H groups in total. The quantitative estimate of drug-likeness (QED) is 0.697. The van der Waals surface area contributed by atoms with Crippen LogP contribution in [-0.2, 0) is 27.4 Å². The van der Waals surface area contributed by atoms with E-state index in [1.165, 1.54) is 0 Å². The molecule has 2 fully saturated rings. The van der Waals surface area contributed by atoms with Crippen LogP contribution >= 0.6 is 0 Å². The summed E-state index contributed by atoms with van der Waals surface area (Å²) in [6.45, 7) is 2.63. The van der Waals surface area contributed by atoms with Crippen molar-refractivity contribution >= 4 is 17.7 Å². The van der Waals surface area contributed by atoms with Gasteiger partial charge < -0.3 is 15.4 Å². The van der Waals surface area contributed by atoms with E-state index < -0.39 is 6.04 Å². The number of amides is 3. The van der Waals surface area contributed by atoms with Gasteiger partial charge >= 0.3 is 0 Å². The van der Waals surface area contributed by atoms with Gasteiger partial charge in [0.15, 0.2) is 0 Å². The molecule has 0 bridgehead atoms. The number of carbonyl (C=O) groups excluding carboxylic acids is 3. The molecule has 0 radical (unpaired) electrons. The van der Waals surface area contributed by atoms with Gasteiger partial charge in [-0.05, 0) is 23.6 Å². The maximum Gasteiger partial charge on any atom is 0.255 e. The van der Waals surface area contributed by atoms with Crippen molar-refractivity contribution in [1.82, 2.24) is 15.1 Å². The fraction of sp³-hybridized carbons (Fsp3) is 0.526. The van der Waals surface area contributed by atoms with Crippen molar-refractivity contribution in [1.29, 1.82) is 0 Å². The summed E-state index contributed by atoms with van der Waals surface area (Å²) in [5.74, 6) is -0.806. The van der Waals surface area contributed by atoms with Gasteiger partial charge in [0.25, 0.3) is 5.91 Å². The van der Waals surface area contributed by atoms with E-state index in [0.717, 1.165) is 24.2 Å². The zero-order valence-electron chi connectivity index (χ0n) is 15.3. The van der Waals surface area contributed by atoms with Crippen molar-refractivity contribution in [2.75, 3.05) is 20.2 Å². The van der Waals surface area contributed by atoms with E-state index in [2.05, 4.69) is 10.2 Å². The maximum absolute atomic E-state index is 12.9. The number of likely N-dealkylation sites (tertiary alicyclic amines) is 1. The van der Waals surface area contributed by atoms with E-state index in [-0.39, 0.29) is 36.3 Å². The van der Waals surface area contributed by atoms with E-state index in [1.807, 2.05) is 18.2 Å². The van der Waals surface area contributed by atoms with Crippen molar-refractivity contribution in [2.24, 2.45) is 5.73 Å². The second kappa shape index (κ2) is 7.03. The first kappa shape index (κ1) is 18.1. The molecule has 1 aromatic carbocycles. The molecule has 8 heteroatoms. The monoisotopic (exact) mass is 372 g/mol. The van der Waals surface area contributed by atoms with Crippen LogP contribution in [0.3, 0.4) is 0 Å². The highest BCUT2D eigenvalue weighted by Gasteiger charge is 2.39. The first-order valence-electron chi connectivity index (χ1n) is 9.23. The average Bonchev–Trinajstić information content (AvgIpc) is 3.15. The number of ether oxygens (including phenoxy) is 1. The van der Waals surface area contributed by atoms with Gasteiger partial charge in [0, 0.05) is 51.3 Å². The summed E-state index contributed by atoms with van der Waals surface area (Å²) in [6.07, 6.45) is 0.669. The highest BCUT2D eigenvalue weighted by Crippen LogP contribution is 2.28. The van der Waals surface area contributed by atoms with E-state index >= 15 is 0 Å². The normalized spacial score (nSPS) is 28.6.